The van der Waals surface area contributed by atoms with Gasteiger partial charge in [-0.05, 0) is 18.9 Å². The van der Waals surface area contributed by atoms with Crippen LogP contribution in [0.15, 0.2) is 12.3 Å². The molecular formula is C10H14N4O2S2. The predicted octanol–water partition coefficient (Wildman–Crippen LogP) is 0.0999. The molecule has 1 fully saturated rings. The van der Waals surface area contributed by atoms with Crippen molar-refractivity contribution in [2.24, 2.45) is 5.73 Å². The van der Waals surface area contributed by atoms with Crippen molar-refractivity contribution in [2.75, 3.05) is 16.8 Å². The fourth-order valence-corrected chi connectivity index (χ4v) is 3.77. The fourth-order valence-electron chi connectivity index (χ4n) is 1.97. The summed E-state index contributed by atoms with van der Waals surface area (Å²) in [7, 11) is -2.96. The molecule has 3 N–H and O–H groups in total. The number of thiocarbonyl (C=S) groups is 1. The van der Waals surface area contributed by atoms with Crippen molar-refractivity contribution in [1.29, 1.82) is 0 Å². The average molecular weight is 286 g/mol. The van der Waals surface area contributed by atoms with Crippen LogP contribution in [-0.4, -0.2) is 41.2 Å². The molecule has 6 nitrogen and oxygen atoms in total. The van der Waals surface area contributed by atoms with Crippen molar-refractivity contribution < 1.29 is 8.42 Å². The van der Waals surface area contributed by atoms with Gasteiger partial charge in [-0.2, -0.15) is 5.10 Å². The maximum absolute atomic E-state index is 11.5. The van der Waals surface area contributed by atoms with E-state index in [-0.39, 0.29) is 22.5 Å². The van der Waals surface area contributed by atoms with E-state index >= 15 is 0 Å². The molecule has 1 aliphatic heterocycles. The van der Waals surface area contributed by atoms with Crippen molar-refractivity contribution in [2.45, 2.75) is 18.9 Å². The number of nitrogens with two attached hydrogens (primary N) is 1. The summed E-state index contributed by atoms with van der Waals surface area (Å²) in [5.41, 5.74) is 6.16. The normalized spacial score (nSPS) is 22.3. The molecule has 1 saturated heterocycles. The van der Waals surface area contributed by atoms with Gasteiger partial charge in [-0.25, -0.2) is 8.42 Å². The summed E-state index contributed by atoms with van der Waals surface area (Å²) in [6, 6.07) is 1.50. The highest BCUT2D eigenvalue weighted by molar-refractivity contribution is 7.91. The van der Waals surface area contributed by atoms with Crippen LogP contribution < -0.4 is 11.1 Å². The van der Waals surface area contributed by atoms with Crippen LogP contribution in [0.5, 0.6) is 0 Å². The van der Waals surface area contributed by atoms with Crippen molar-refractivity contribution in [1.82, 2.24) is 10.2 Å². The van der Waals surface area contributed by atoms with Crippen LogP contribution in [0.3, 0.4) is 0 Å². The quantitative estimate of drug-likeness (QED) is 0.760. The molecular weight excluding hydrogens is 272 g/mol. The molecule has 0 spiro atoms. The number of sulfone groups is 1. The molecule has 2 heterocycles. The van der Waals surface area contributed by atoms with Crippen LogP contribution in [0, 0.1) is 0 Å². The molecule has 1 aliphatic rings. The Morgan fingerprint density at radius 1 is 1.56 bits per heavy atom. The van der Waals surface area contributed by atoms with Gasteiger partial charge >= 0.3 is 0 Å². The van der Waals surface area contributed by atoms with Crippen LogP contribution >= 0.6 is 12.2 Å². The standard InChI is InChI=1S/C10H14N4O2S2/c11-9(17)8-3-4-12-14-10(8)13-7-2-1-5-18(15,16)6-7/h3-4,7H,1-2,5-6H2,(H2,11,17)(H,13,14). The van der Waals surface area contributed by atoms with Crippen LogP contribution in [0.1, 0.15) is 18.4 Å². The van der Waals surface area contributed by atoms with Crippen molar-refractivity contribution in [3.8, 4) is 0 Å². The third kappa shape index (κ3) is 3.14. The molecule has 1 atom stereocenters. The average Bonchev–Trinajstić information content (AvgIpc) is 2.28. The first-order chi connectivity index (χ1) is 8.48. The number of rotatable bonds is 3. The van der Waals surface area contributed by atoms with Crippen LogP contribution in [0.25, 0.3) is 0 Å². The highest BCUT2D eigenvalue weighted by Gasteiger charge is 2.25. The minimum Gasteiger partial charge on any atom is -0.389 e. The second-order valence-corrected chi connectivity index (χ2v) is 6.92. The van der Waals surface area contributed by atoms with Crippen LogP contribution in [0.4, 0.5) is 5.82 Å². The first kappa shape index (κ1) is 13.2. The van der Waals surface area contributed by atoms with Gasteiger partial charge in [-0.1, -0.05) is 12.2 Å². The summed E-state index contributed by atoms with van der Waals surface area (Å²) in [4.78, 5) is 0.214. The fraction of sp³-hybridized carbons (Fsp3) is 0.500. The van der Waals surface area contributed by atoms with E-state index in [0.29, 0.717) is 17.8 Å². The van der Waals surface area contributed by atoms with Crippen molar-refractivity contribution >= 4 is 32.9 Å². The first-order valence-electron chi connectivity index (χ1n) is 5.56. The van der Waals surface area contributed by atoms with Gasteiger partial charge in [0.2, 0.25) is 0 Å². The summed E-state index contributed by atoms with van der Waals surface area (Å²) in [6.07, 6.45) is 2.94. The first-order valence-corrected chi connectivity index (χ1v) is 7.79. The Morgan fingerprint density at radius 3 is 3.00 bits per heavy atom. The van der Waals surface area contributed by atoms with Gasteiger partial charge in [-0.15, -0.1) is 5.10 Å². The monoisotopic (exact) mass is 286 g/mol. The largest absolute Gasteiger partial charge is 0.389 e. The molecule has 0 amide bonds. The number of nitrogens with one attached hydrogen (secondary N) is 1. The Labute approximate surface area is 111 Å². The summed E-state index contributed by atoms with van der Waals surface area (Å²) in [5, 5.41) is 10.7. The van der Waals surface area contributed by atoms with Gasteiger partial charge in [0.05, 0.1) is 23.3 Å². The third-order valence-electron chi connectivity index (χ3n) is 2.79. The van der Waals surface area contributed by atoms with Gasteiger partial charge in [0.15, 0.2) is 15.7 Å². The Balaban J connectivity index is 2.17. The zero-order valence-corrected chi connectivity index (χ0v) is 11.3. The second kappa shape index (κ2) is 5.15. The second-order valence-electron chi connectivity index (χ2n) is 4.26. The van der Waals surface area contributed by atoms with E-state index in [1.807, 2.05) is 0 Å². The molecule has 18 heavy (non-hydrogen) atoms. The number of hydrogen-bond acceptors (Lipinski definition) is 6. The van der Waals surface area contributed by atoms with E-state index in [1.54, 1.807) is 6.07 Å². The summed E-state index contributed by atoms with van der Waals surface area (Å²) in [5.74, 6) is 0.820. The molecule has 2 rings (SSSR count). The molecule has 0 radical (unpaired) electrons. The minimum absolute atomic E-state index is 0.111. The smallest absolute Gasteiger partial charge is 0.159 e. The van der Waals surface area contributed by atoms with Gasteiger partial charge in [0.25, 0.3) is 0 Å². The Bertz CT molecular complexity index is 559. The lowest BCUT2D eigenvalue weighted by molar-refractivity contribution is 0.561. The topological polar surface area (TPSA) is 98.0 Å². The molecule has 1 aromatic heterocycles. The van der Waals surface area contributed by atoms with Crippen molar-refractivity contribution in [3.05, 3.63) is 17.8 Å². The molecule has 0 saturated carbocycles. The van der Waals surface area contributed by atoms with E-state index in [0.717, 1.165) is 6.42 Å². The van der Waals surface area contributed by atoms with Crippen molar-refractivity contribution in [3.63, 3.8) is 0 Å². The van der Waals surface area contributed by atoms with E-state index in [1.165, 1.54) is 6.20 Å². The number of nitrogens with zero attached hydrogens (tertiary/aromatic N) is 2. The minimum atomic E-state index is -2.96. The van der Waals surface area contributed by atoms with E-state index < -0.39 is 9.84 Å². The molecule has 0 aromatic carbocycles. The lowest BCUT2D eigenvalue weighted by Crippen LogP contribution is -2.35. The van der Waals surface area contributed by atoms with Crippen LogP contribution in [-0.2, 0) is 9.84 Å². The maximum Gasteiger partial charge on any atom is 0.159 e. The zero-order chi connectivity index (χ0) is 13.2. The van der Waals surface area contributed by atoms with E-state index in [4.69, 9.17) is 18.0 Å². The Kier molecular flexibility index (Phi) is 3.76. The molecule has 1 unspecified atom stereocenters. The lowest BCUT2D eigenvalue weighted by atomic mass is 10.1. The van der Waals surface area contributed by atoms with Gasteiger partial charge in [-0.3, -0.25) is 0 Å². The summed E-state index contributed by atoms with van der Waals surface area (Å²) >= 11 is 4.91. The third-order valence-corrected chi connectivity index (χ3v) is 4.83. The highest BCUT2D eigenvalue weighted by atomic mass is 32.2. The maximum atomic E-state index is 11.5. The summed E-state index contributed by atoms with van der Waals surface area (Å²) < 4.78 is 23.1. The van der Waals surface area contributed by atoms with Gasteiger partial charge in [0, 0.05) is 6.04 Å². The lowest BCUT2D eigenvalue weighted by Gasteiger charge is -2.24. The Hall–Kier alpha value is -1.28. The van der Waals surface area contributed by atoms with Gasteiger partial charge < -0.3 is 11.1 Å². The SMILES string of the molecule is NC(=S)c1ccnnc1NC1CCCS(=O)(=O)C1. The molecule has 0 aliphatic carbocycles. The number of hydrogen-bond donors (Lipinski definition) is 2. The van der Waals surface area contributed by atoms with E-state index in [9.17, 15) is 8.42 Å². The summed E-state index contributed by atoms with van der Waals surface area (Å²) in [6.45, 7) is 0. The van der Waals surface area contributed by atoms with Gasteiger partial charge in [0.1, 0.15) is 4.99 Å². The number of anilines is 1. The van der Waals surface area contributed by atoms with Crippen LogP contribution in [0.2, 0.25) is 0 Å². The molecule has 98 valence electrons. The highest BCUT2D eigenvalue weighted by Crippen LogP contribution is 2.18. The molecule has 1 aromatic rings. The van der Waals surface area contributed by atoms with E-state index in [2.05, 4.69) is 15.5 Å². The molecule has 8 heteroatoms. The predicted molar refractivity (Wildman–Crippen MR) is 73.2 cm³/mol. The number of aromatic nitrogens is 2. The zero-order valence-electron chi connectivity index (χ0n) is 9.67. The molecule has 0 bridgehead atoms. The Morgan fingerprint density at radius 2 is 2.33 bits per heavy atom.